The van der Waals surface area contributed by atoms with E-state index in [1.54, 1.807) is 4.31 Å². The molecule has 0 amide bonds. The molecular formula is C13H16N2O2S. The van der Waals surface area contributed by atoms with Crippen molar-refractivity contribution in [2.75, 3.05) is 19.3 Å². The first-order valence-electron chi connectivity index (χ1n) is 6.09. The maximum Gasteiger partial charge on any atom is 0.211 e. The molecule has 5 heteroatoms. The van der Waals surface area contributed by atoms with Crippen molar-refractivity contribution in [3.8, 4) is 0 Å². The minimum atomic E-state index is -3.08. The van der Waals surface area contributed by atoms with Gasteiger partial charge in [-0.2, -0.15) is 0 Å². The van der Waals surface area contributed by atoms with Crippen molar-refractivity contribution in [1.82, 2.24) is 9.29 Å². The average Bonchev–Trinajstić information content (AvgIpc) is 2.52. The second-order valence-corrected chi connectivity index (χ2v) is 6.77. The van der Waals surface area contributed by atoms with E-state index >= 15 is 0 Å². The monoisotopic (exact) mass is 264 g/mol. The molecule has 4 nitrogen and oxygen atoms in total. The van der Waals surface area contributed by atoms with Crippen LogP contribution in [0.15, 0.2) is 24.3 Å². The third kappa shape index (κ3) is 1.93. The molecule has 1 aliphatic rings. The quantitative estimate of drug-likeness (QED) is 0.849. The van der Waals surface area contributed by atoms with E-state index in [9.17, 15) is 8.42 Å². The molecule has 1 aromatic carbocycles. The third-order valence-corrected chi connectivity index (χ3v) is 4.90. The molecule has 0 saturated heterocycles. The van der Waals surface area contributed by atoms with E-state index in [-0.39, 0.29) is 0 Å². The van der Waals surface area contributed by atoms with Crippen molar-refractivity contribution in [2.24, 2.45) is 0 Å². The maximum absolute atomic E-state index is 11.6. The van der Waals surface area contributed by atoms with Gasteiger partial charge in [0.25, 0.3) is 0 Å². The first-order chi connectivity index (χ1) is 8.55. The van der Waals surface area contributed by atoms with Gasteiger partial charge in [-0.05, 0) is 18.1 Å². The molecule has 0 fully saturated rings. The summed E-state index contributed by atoms with van der Waals surface area (Å²) in [6.07, 6.45) is 2.83. The lowest BCUT2D eigenvalue weighted by atomic mass is 10.1. The Hall–Kier alpha value is -1.33. The van der Waals surface area contributed by atoms with Crippen LogP contribution in [-0.2, 0) is 22.9 Å². The predicted molar refractivity (Wildman–Crippen MR) is 72.1 cm³/mol. The molecule has 3 rings (SSSR count). The summed E-state index contributed by atoms with van der Waals surface area (Å²) in [6, 6.07) is 8.20. The second kappa shape index (κ2) is 4.10. The Morgan fingerprint density at radius 3 is 2.67 bits per heavy atom. The van der Waals surface area contributed by atoms with E-state index in [1.807, 2.05) is 12.1 Å². The molecular weight excluding hydrogens is 248 g/mol. The van der Waals surface area contributed by atoms with Crippen molar-refractivity contribution < 1.29 is 8.42 Å². The number of aromatic nitrogens is 1. The highest BCUT2D eigenvalue weighted by Gasteiger charge is 2.22. The van der Waals surface area contributed by atoms with Gasteiger partial charge in [0.1, 0.15) is 0 Å². The van der Waals surface area contributed by atoms with Crippen LogP contribution in [0.4, 0.5) is 0 Å². The number of para-hydroxylation sites is 1. The van der Waals surface area contributed by atoms with Gasteiger partial charge in [-0.25, -0.2) is 12.7 Å². The Morgan fingerprint density at radius 2 is 1.89 bits per heavy atom. The zero-order chi connectivity index (χ0) is 12.8. The number of hydrogen-bond acceptors (Lipinski definition) is 2. The molecule has 0 unspecified atom stereocenters. The Bertz CT molecular complexity index is 688. The number of fused-ring (bicyclic) bond motifs is 3. The van der Waals surface area contributed by atoms with Crippen LogP contribution >= 0.6 is 0 Å². The number of benzene rings is 1. The number of nitrogens with one attached hydrogen (secondary N) is 1. The van der Waals surface area contributed by atoms with E-state index in [4.69, 9.17) is 0 Å². The van der Waals surface area contributed by atoms with Crippen molar-refractivity contribution in [2.45, 2.75) is 12.8 Å². The normalized spacial score (nSPS) is 17.6. The van der Waals surface area contributed by atoms with Crippen LogP contribution in [0.1, 0.15) is 11.3 Å². The number of nitrogens with zero attached hydrogens (tertiary/aromatic N) is 1. The highest BCUT2D eigenvalue weighted by atomic mass is 32.2. The first kappa shape index (κ1) is 11.7. The van der Waals surface area contributed by atoms with Crippen molar-refractivity contribution in [3.05, 3.63) is 35.5 Å². The van der Waals surface area contributed by atoms with Crippen LogP contribution in [0, 0.1) is 0 Å². The summed E-state index contributed by atoms with van der Waals surface area (Å²) in [4.78, 5) is 3.41. The first-order valence-corrected chi connectivity index (χ1v) is 7.94. The smallest absolute Gasteiger partial charge is 0.211 e. The van der Waals surface area contributed by atoms with E-state index in [2.05, 4.69) is 17.1 Å². The SMILES string of the molecule is CS(=O)(=O)N1CCc2[nH]c3ccccc3c2CC1. The summed E-state index contributed by atoms with van der Waals surface area (Å²) in [5.41, 5.74) is 3.61. The fourth-order valence-electron chi connectivity index (χ4n) is 2.67. The molecule has 18 heavy (non-hydrogen) atoms. The standard InChI is InChI=1S/C13H16N2O2S/c1-18(16,17)15-8-6-11-10-4-2-3-5-12(10)14-13(11)7-9-15/h2-5,14H,6-9H2,1H3. The molecule has 0 spiro atoms. The predicted octanol–water partition coefficient (Wildman–Crippen LogP) is 1.53. The van der Waals surface area contributed by atoms with Gasteiger partial charge >= 0.3 is 0 Å². The summed E-state index contributed by atoms with van der Waals surface area (Å²) < 4.78 is 24.7. The fraction of sp³-hybridized carbons (Fsp3) is 0.385. The number of sulfonamides is 1. The maximum atomic E-state index is 11.6. The molecule has 0 radical (unpaired) electrons. The van der Waals surface area contributed by atoms with Crippen molar-refractivity contribution >= 4 is 20.9 Å². The summed E-state index contributed by atoms with van der Waals surface area (Å²) in [5.74, 6) is 0. The Balaban J connectivity index is 2.01. The highest BCUT2D eigenvalue weighted by Crippen LogP contribution is 2.26. The number of aromatic amines is 1. The third-order valence-electron chi connectivity index (χ3n) is 3.59. The summed E-state index contributed by atoms with van der Waals surface area (Å²) in [5, 5.41) is 1.22. The largest absolute Gasteiger partial charge is 0.358 e. The van der Waals surface area contributed by atoms with Gasteiger partial charge in [-0.3, -0.25) is 0 Å². The zero-order valence-corrected chi connectivity index (χ0v) is 11.1. The van der Waals surface area contributed by atoms with Crippen LogP contribution in [0.3, 0.4) is 0 Å². The zero-order valence-electron chi connectivity index (χ0n) is 10.3. The van der Waals surface area contributed by atoms with Crippen LogP contribution in [0.25, 0.3) is 10.9 Å². The molecule has 1 N–H and O–H groups in total. The molecule has 2 heterocycles. The second-order valence-electron chi connectivity index (χ2n) is 4.79. The van der Waals surface area contributed by atoms with Gasteiger partial charge in [0.2, 0.25) is 10.0 Å². The van der Waals surface area contributed by atoms with Crippen molar-refractivity contribution in [1.29, 1.82) is 0 Å². The molecule has 1 aliphatic heterocycles. The van der Waals surface area contributed by atoms with Gasteiger partial charge in [-0.1, -0.05) is 18.2 Å². The topological polar surface area (TPSA) is 53.2 Å². The van der Waals surface area contributed by atoms with Crippen LogP contribution in [0.5, 0.6) is 0 Å². The lowest BCUT2D eigenvalue weighted by Crippen LogP contribution is -2.32. The van der Waals surface area contributed by atoms with Crippen molar-refractivity contribution in [3.63, 3.8) is 0 Å². The average molecular weight is 264 g/mol. The Morgan fingerprint density at radius 1 is 1.17 bits per heavy atom. The molecule has 2 aromatic rings. The van der Waals surface area contributed by atoms with Crippen LogP contribution in [0.2, 0.25) is 0 Å². The van der Waals surface area contributed by atoms with Gasteiger partial charge in [0.05, 0.1) is 6.26 Å². The van der Waals surface area contributed by atoms with Crippen LogP contribution < -0.4 is 0 Å². The van der Waals surface area contributed by atoms with E-state index in [0.717, 1.165) is 18.4 Å². The minimum Gasteiger partial charge on any atom is -0.358 e. The van der Waals surface area contributed by atoms with Gasteiger partial charge in [0, 0.05) is 36.1 Å². The molecule has 1 aromatic heterocycles. The minimum absolute atomic E-state index is 0.568. The van der Waals surface area contributed by atoms with Gasteiger partial charge in [0.15, 0.2) is 0 Å². The summed E-state index contributed by atoms with van der Waals surface area (Å²) in [6.45, 7) is 1.15. The van der Waals surface area contributed by atoms with Crippen LogP contribution in [-0.4, -0.2) is 37.1 Å². The van der Waals surface area contributed by atoms with Gasteiger partial charge < -0.3 is 4.98 Å². The molecule has 96 valence electrons. The number of rotatable bonds is 1. The molecule has 0 saturated carbocycles. The van der Waals surface area contributed by atoms with Gasteiger partial charge in [-0.15, -0.1) is 0 Å². The van der Waals surface area contributed by atoms with E-state index in [0.29, 0.717) is 13.1 Å². The lowest BCUT2D eigenvalue weighted by molar-refractivity contribution is 0.430. The Labute approximate surface area is 107 Å². The van der Waals surface area contributed by atoms with E-state index < -0.39 is 10.0 Å². The summed E-state index contributed by atoms with van der Waals surface area (Å²) >= 11 is 0. The summed E-state index contributed by atoms with van der Waals surface area (Å²) in [7, 11) is -3.08. The number of H-pyrrole nitrogens is 1. The molecule has 0 aliphatic carbocycles. The number of hydrogen-bond donors (Lipinski definition) is 1. The lowest BCUT2D eigenvalue weighted by Gasteiger charge is -2.16. The fourth-order valence-corrected chi connectivity index (χ4v) is 3.52. The Kier molecular flexibility index (Phi) is 2.68. The molecule has 0 atom stereocenters. The van der Waals surface area contributed by atoms with E-state index in [1.165, 1.54) is 22.9 Å². The highest BCUT2D eigenvalue weighted by molar-refractivity contribution is 7.88. The molecule has 0 bridgehead atoms.